The summed E-state index contributed by atoms with van der Waals surface area (Å²) in [6.45, 7) is 4.25. The Labute approximate surface area is 170 Å². The van der Waals surface area contributed by atoms with E-state index in [1.807, 2.05) is 19.9 Å². The van der Waals surface area contributed by atoms with Crippen molar-refractivity contribution in [1.82, 2.24) is 4.31 Å². The first-order valence-electron chi connectivity index (χ1n) is 9.23. The summed E-state index contributed by atoms with van der Waals surface area (Å²) in [6.07, 6.45) is -0.0742. The lowest BCUT2D eigenvalue weighted by atomic mass is 10.1. The summed E-state index contributed by atoms with van der Waals surface area (Å²) in [5.41, 5.74) is 1.07. The number of nitrogens with zero attached hydrogens (tertiary/aromatic N) is 2. The second kappa shape index (κ2) is 8.74. The average molecular weight is 414 g/mol. The molecule has 0 saturated carbocycles. The van der Waals surface area contributed by atoms with Crippen molar-refractivity contribution in [3.05, 3.63) is 59.7 Å². The van der Waals surface area contributed by atoms with Crippen molar-refractivity contribution in [3.63, 3.8) is 0 Å². The van der Waals surface area contributed by atoms with E-state index in [9.17, 15) is 13.2 Å². The number of rotatable bonds is 5. The molecule has 152 valence electrons. The zero-order chi connectivity index (χ0) is 21.0. The molecule has 7 nitrogen and oxygen atoms in total. The Bertz CT molecular complexity index is 1000. The van der Waals surface area contributed by atoms with Crippen LogP contribution in [0.2, 0.25) is 0 Å². The molecule has 2 aromatic rings. The molecule has 0 aliphatic carbocycles. The molecule has 0 amide bonds. The molecule has 0 bridgehead atoms. The van der Waals surface area contributed by atoms with E-state index in [1.165, 1.54) is 28.6 Å². The number of ether oxygens (including phenoxy) is 2. The average Bonchev–Trinajstić information content (AvgIpc) is 2.69. The smallest absolute Gasteiger partial charge is 0.343 e. The molecule has 0 aromatic heterocycles. The highest BCUT2D eigenvalue weighted by Crippen LogP contribution is 2.22. The molecule has 1 aliphatic heterocycles. The first kappa shape index (κ1) is 21.0. The number of benzene rings is 2. The van der Waals surface area contributed by atoms with Crippen LogP contribution in [0.4, 0.5) is 0 Å². The van der Waals surface area contributed by atoms with Crippen LogP contribution in [0.25, 0.3) is 0 Å². The number of carbonyl (C=O) groups is 1. The predicted octanol–water partition coefficient (Wildman–Crippen LogP) is 2.77. The van der Waals surface area contributed by atoms with Crippen LogP contribution in [0, 0.1) is 11.3 Å². The van der Waals surface area contributed by atoms with Gasteiger partial charge in [0.15, 0.2) is 0 Å². The summed E-state index contributed by atoms with van der Waals surface area (Å²) in [7, 11) is -3.66. The van der Waals surface area contributed by atoms with Crippen molar-refractivity contribution < 1.29 is 22.7 Å². The van der Waals surface area contributed by atoms with Crippen LogP contribution in [0.15, 0.2) is 53.4 Å². The van der Waals surface area contributed by atoms with Crippen molar-refractivity contribution in [3.8, 4) is 11.8 Å². The van der Waals surface area contributed by atoms with Gasteiger partial charge in [0.05, 0.1) is 35.2 Å². The third-order valence-electron chi connectivity index (χ3n) is 4.53. The quantitative estimate of drug-likeness (QED) is 0.551. The lowest BCUT2D eigenvalue weighted by molar-refractivity contribution is -0.0440. The lowest BCUT2D eigenvalue weighted by Gasteiger charge is -2.34. The minimum atomic E-state index is -3.66. The molecule has 1 heterocycles. The van der Waals surface area contributed by atoms with Crippen LogP contribution in [0.1, 0.15) is 29.8 Å². The second-order valence-corrected chi connectivity index (χ2v) is 8.91. The second-order valence-electron chi connectivity index (χ2n) is 6.97. The molecule has 0 radical (unpaired) electrons. The monoisotopic (exact) mass is 414 g/mol. The Morgan fingerprint density at radius 2 is 1.69 bits per heavy atom. The van der Waals surface area contributed by atoms with Gasteiger partial charge in [-0.15, -0.1) is 0 Å². The maximum atomic E-state index is 12.9. The molecule has 1 aliphatic rings. The molecule has 0 unspecified atom stereocenters. The summed E-state index contributed by atoms with van der Waals surface area (Å²) in [5, 5.41) is 8.68. The summed E-state index contributed by atoms with van der Waals surface area (Å²) in [4.78, 5) is 12.4. The zero-order valence-electron chi connectivity index (χ0n) is 16.2. The molecule has 0 spiro atoms. The minimum absolute atomic E-state index is 0.121. The Morgan fingerprint density at radius 3 is 2.24 bits per heavy atom. The molecule has 29 heavy (non-hydrogen) atoms. The van der Waals surface area contributed by atoms with Gasteiger partial charge in [-0.05, 0) is 55.8 Å². The van der Waals surface area contributed by atoms with Gasteiger partial charge < -0.3 is 9.47 Å². The van der Waals surface area contributed by atoms with Crippen LogP contribution in [0.5, 0.6) is 5.75 Å². The highest BCUT2D eigenvalue weighted by Gasteiger charge is 2.32. The normalized spacial score (nSPS) is 20.0. The maximum absolute atomic E-state index is 12.9. The van der Waals surface area contributed by atoms with E-state index in [2.05, 4.69) is 0 Å². The number of morpholine rings is 1. The number of nitriles is 1. The molecule has 1 fully saturated rings. The van der Waals surface area contributed by atoms with Crippen molar-refractivity contribution in [2.24, 2.45) is 0 Å². The Hall–Kier alpha value is -2.73. The van der Waals surface area contributed by atoms with E-state index < -0.39 is 16.0 Å². The Balaban J connectivity index is 1.70. The van der Waals surface area contributed by atoms with Crippen LogP contribution in [-0.2, 0) is 21.2 Å². The van der Waals surface area contributed by atoms with Crippen LogP contribution < -0.4 is 4.74 Å². The number of carbonyl (C=O) groups excluding carboxylic acids is 1. The van der Waals surface area contributed by atoms with E-state index >= 15 is 0 Å². The third kappa shape index (κ3) is 5.01. The molecule has 8 heteroatoms. The van der Waals surface area contributed by atoms with Gasteiger partial charge in [-0.1, -0.05) is 12.1 Å². The Morgan fingerprint density at radius 1 is 1.10 bits per heavy atom. The van der Waals surface area contributed by atoms with E-state index in [1.54, 1.807) is 24.3 Å². The van der Waals surface area contributed by atoms with Crippen molar-refractivity contribution in [1.29, 1.82) is 5.26 Å². The molecule has 2 aromatic carbocycles. The molecular weight excluding hydrogens is 392 g/mol. The molecule has 0 N–H and O–H groups in total. The minimum Gasteiger partial charge on any atom is -0.423 e. The highest BCUT2D eigenvalue weighted by molar-refractivity contribution is 7.89. The predicted molar refractivity (Wildman–Crippen MR) is 106 cm³/mol. The van der Waals surface area contributed by atoms with E-state index in [0.717, 1.165) is 5.56 Å². The zero-order valence-corrected chi connectivity index (χ0v) is 17.1. The Kier molecular flexibility index (Phi) is 6.33. The van der Waals surface area contributed by atoms with E-state index in [-0.39, 0.29) is 42.2 Å². The van der Waals surface area contributed by atoms with Gasteiger partial charge in [0.2, 0.25) is 10.0 Å². The van der Waals surface area contributed by atoms with Gasteiger partial charge in [-0.3, -0.25) is 0 Å². The molecule has 3 rings (SSSR count). The topological polar surface area (TPSA) is 96.7 Å². The fourth-order valence-electron chi connectivity index (χ4n) is 3.17. The molecular formula is C21H22N2O5S. The number of hydrogen-bond donors (Lipinski definition) is 0. The fourth-order valence-corrected chi connectivity index (χ4v) is 4.76. The van der Waals surface area contributed by atoms with Gasteiger partial charge >= 0.3 is 5.97 Å². The number of esters is 1. The largest absolute Gasteiger partial charge is 0.423 e. The number of hydrogen-bond acceptors (Lipinski definition) is 6. The van der Waals surface area contributed by atoms with Crippen LogP contribution >= 0.6 is 0 Å². The van der Waals surface area contributed by atoms with Crippen molar-refractivity contribution in [2.45, 2.75) is 37.4 Å². The summed E-state index contributed by atoms with van der Waals surface area (Å²) >= 11 is 0. The summed E-state index contributed by atoms with van der Waals surface area (Å²) in [6, 6.07) is 14.4. The highest BCUT2D eigenvalue weighted by atomic mass is 32.2. The summed E-state index contributed by atoms with van der Waals surface area (Å²) in [5.74, 6) is -0.236. The fraction of sp³-hybridized carbons (Fsp3) is 0.333. The molecule has 1 saturated heterocycles. The van der Waals surface area contributed by atoms with Crippen molar-refractivity contribution >= 4 is 16.0 Å². The first-order chi connectivity index (χ1) is 13.8. The van der Waals surface area contributed by atoms with Crippen molar-refractivity contribution in [2.75, 3.05) is 13.1 Å². The first-order valence-corrected chi connectivity index (χ1v) is 10.7. The van der Waals surface area contributed by atoms with Crippen LogP contribution in [-0.4, -0.2) is 44.0 Å². The standard InChI is InChI=1S/C21H22N2O5S/c1-15-13-23(14-16(2)27-15)29(25,26)20-9-5-18(6-10-20)21(24)28-19-7-3-17(4-8-19)11-12-22/h3-10,15-16H,11,13-14H2,1-2H3/t15-,16+. The lowest BCUT2D eigenvalue weighted by Crippen LogP contribution is -2.48. The van der Waals surface area contributed by atoms with Gasteiger partial charge in [0, 0.05) is 13.1 Å². The van der Waals surface area contributed by atoms with Gasteiger partial charge in [0.1, 0.15) is 5.75 Å². The van der Waals surface area contributed by atoms with Gasteiger partial charge in [0.25, 0.3) is 0 Å². The maximum Gasteiger partial charge on any atom is 0.343 e. The SMILES string of the molecule is C[C@@H]1CN(S(=O)(=O)c2ccc(C(=O)Oc3ccc(CC#N)cc3)cc2)C[C@H](C)O1. The molecule has 2 atom stereocenters. The van der Waals surface area contributed by atoms with Gasteiger partial charge in [-0.25, -0.2) is 13.2 Å². The van der Waals surface area contributed by atoms with E-state index in [0.29, 0.717) is 5.75 Å². The van der Waals surface area contributed by atoms with Gasteiger partial charge in [-0.2, -0.15) is 9.57 Å². The summed E-state index contributed by atoms with van der Waals surface area (Å²) < 4.78 is 38.0. The van der Waals surface area contributed by atoms with E-state index in [4.69, 9.17) is 14.7 Å². The third-order valence-corrected chi connectivity index (χ3v) is 6.38. The van der Waals surface area contributed by atoms with Crippen LogP contribution in [0.3, 0.4) is 0 Å². The number of sulfonamides is 1.